The summed E-state index contributed by atoms with van der Waals surface area (Å²) in [5.41, 5.74) is 8.20. The van der Waals surface area contributed by atoms with Gasteiger partial charge in [0.15, 0.2) is 0 Å². The predicted octanol–water partition coefficient (Wildman–Crippen LogP) is 1.88. The lowest BCUT2D eigenvalue weighted by Gasteiger charge is -2.08. The van der Waals surface area contributed by atoms with Gasteiger partial charge in [-0.3, -0.25) is 0 Å². The summed E-state index contributed by atoms with van der Waals surface area (Å²) in [5, 5.41) is 1.23. The molecule has 0 saturated heterocycles. The number of imidazole rings is 1. The number of para-hydroxylation sites is 1. The molecule has 0 aliphatic carbocycles. The second-order valence-corrected chi connectivity index (χ2v) is 4.46. The number of nitrogens with zero attached hydrogens (tertiary/aromatic N) is 3. The Morgan fingerprint density at radius 3 is 2.83 bits per heavy atom. The lowest BCUT2D eigenvalue weighted by atomic mass is 10.1. The first-order chi connectivity index (χ1) is 8.79. The van der Waals surface area contributed by atoms with Crippen molar-refractivity contribution < 1.29 is 0 Å². The molecule has 3 aromatic rings. The first-order valence-electron chi connectivity index (χ1n) is 6.02. The molecule has 2 aromatic heterocycles. The molecule has 4 heteroatoms. The van der Waals surface area contributed by atoms with Gasteiger partial charge in [-0.15, -0.1) is 0 Å². The van der Waals surface area contributed by atoms with E-state index in [1.807, 2.05) is 24.0 Å². The van der Waals surface area contributed by atoms with Crippen LogP contribution in [0.15, 0.2) is 42.9 Å². The van der Waals surface area contributed by atoms with E-state index in [-0.39, 0.29) is 0 Å². The third kappa shape index (κ3) is 1.71. The summed E-state index contributed by atoms with van der Waals surface area (Å²) in [6, 6.07) is 8.37. The Balaban J connectivity index is 2.10. The van der Waals surface area contributed by atoms with Gasteiger partial charge in [-0.25, -0.2) is 4.98 Å². The third-order valence-electron chi connectivity index (χ3n) is 3.32. The maximum absolute atomic E-state index is 5.81. The van der Waals surface area contributed by atoms with E-state index in [9.17, 15) is 0 Å². The zero-order chi connectivity index (χ0) is 12.5. The molecule has 4 nitrogen and oxygen atoms in total. The summed E-state index contributed by atoms with van der Waals surface area (Å²) < 4.78 is 4.25. The van der Waals surface area contributed by atoms with E-state index in [0.29, 0.717) is 6.54 Å². The van der Waals surface area contributed by atoms with Gasteiger partial charge in [0.05, 0.1) is 12.1 Å². The van der Waals surface area contributed by atoms with Crippen LogP contribution in [0.4, 0.5) is 0 Å². The molecule has 0 aliphatic rings. The molecule has 1 aromatic carbocycles. The molecule has 2 heterocycles. The Bertz CT molecular complexity index is 678. The van der Waals surface area contributed by atoms with Gasteiger partial charge in [-0.1, -0.05) is 18.2 Å². The Morgan fingerprint density at radius 2 is 2.11 bits per heavy atom. The van der Waals surface area contributed by atoms with E-state index >= 15 is 0 Å². The number of rotatable bonds is 3. The van der Waals surface area contributed by atoms with Crippen LogP contribution in [0.5, 0.6) is 0 Å². The monoisotopic (exact) mass is 240 g/mol. The van der Waals surface area contributed by atoms with Crippen molar-refractivity contribution in [1.29, 1.82) is 0 Å². The van der Waals surface area contributed by atoms with E-state index in [2.05, 4.69) is 40.0 Å². The van der Waals surface area contributed by atoms with Gasteiger partial charge in [0, 0.05) is 32.2 Å². The normalized spacial score (nSPS) is 11.2. The molecule has 0 fully saturated rings. The highest BCUT2D eigenvalue weighted by molar-refractivity contribution is 5.83. The quantitative estimate of drug-likeness (QED) is 0.760. The van der Waals surface area contributed by atoms with Crippen LogP contribution in [0, 0.1) is 0 Å². The van der Waals surface area contributed by atoms with E-state index in [1.54, 1.807) is 0 Å². The van der Waals surface area contributed by atoms with Crippen LogP contribution in [0.1, 0.15) is 11.4 Å². The summed E-state index contributed by atoms with van der Waals surface area (Å²) >= 11 is 0. The van der Waals surface area contributed by atoms with Crippen LogP contribution in [0.2, 0.25) is 0 Å². The molecular weight excluding hydrogens is 224 g/mol. The maximum atomic E-state index is 5.81. The minimum atomic E-state index is 0.557. The molecule has 18 heavy (non-hydrogen) atoms. The average molecular weight is 240 g/mol. The van der Waals surface area contributed by atoms with Crippen LogP contribution in [-0.2, 0) is 20.1 Å². The number of fused-ring (bicyclic) bond motifs is 1. The zero-order valence-corrected chi connectivity index (χ0v) is 10.4. The number of hydrogen-bond donors (Lipinski definition) is 1. The van der Waals surface area contributed by atoms with Crippen molar-refractivity contribution in [3.8, 4) is 0 Å². The number of benzene rings is 1. The van der Waals surface area contributed by atoms with Gasteiger partial charge in [0.1, 0.15) is 5.82 Å². The summed E-state index contributed by atoms with van der Waals surface area (Å²) in [4.78, 5) is 4.36. The number of aryl methyl sites for hydroxylation is 1. The number of aromatic nitrogens is 3. The van der Waals surface area contributed by atoms with Gasteiger partial charge < -0.3 is 14.9 Å². The highest BCUT2D eigenvalue weighted by Crippen LogP contribution is 2.20. The molecule has 0 atom stereocenters. The third-order valence-corrected chi connectivity index (χ3v) is 3.32. The molecule has 2 N–H and O–H groups in total. The number of nitrogens with two attached hydrogens (primary N) is 1. The summed E-state index contributed by atoms with van der Waals surface area (Å²) in [5.74, 6) is 1.04. The Labute approximate surface area is 106 Å². The molecular formula is C14H16N4. The van der Waals surface area contributed by atoms with E-state index < -0.39 is 0 Å². The topological polar surface area (TPSA) is 48.8 Å². The van der Waals surface area contributed by atoms with Crippen LogP contribution >= 0.6 is 0 Å². The largest absolute Gasteiger partial charge is 0.340 e. The van der Waals surface area contributed by atoms with Gasteiger partial charge in [-0.05, 0) is 17.0 Å². The molecule has 0 unspecified atom stereocenters. The van der Waals surface area contributed by atoms with Crippen LogP contribution < -0.4 is 5.73 Å². The van der Waals surface area contributed by atoms with Gasteiger partial charge in [-0.2, -0.15) is 0 Å². The van der Waals surface area contributed by atoms with Gasteiger partial charge in [0.2, 0.25) is 0 Å². The molecule has 3 rings (SSSR count). The van der Waals surface area contributed by atoms with Crippen molar-refractivity contribution in [2.45, 2.75) is 13.1 Å². The highest BCUT2D eigenvalue weighted by Gasteiger charge is 2.07. The smallest absolute Gasteiger partial charge is 0.128 e. The molecule has 0 amide bonds. The van der Waals surface area contributed by atoms with Crippen molar-refractivity contribution in [3.05, 3.63) is 54.2 Å². The molecule has 92 valence electrons. The highest BCUT2D eigenvalue weighted by atomic mass is 15.1. The van der Waals surface area contributed by atoms with Crippen molar-refractivity contribution in [3.63, 3.8) is 0 Å². The molecule has 0 aliphatic heterocycles. The molecule has 0 bridgehead atoms. The Kier molecular flexibility index (Phi) is 2.64. The second-order valence-electron chi connectivity index (χ2n) is 4.46. The standard InChI is InChI=1S/C14H16N4/c1-17-8-6-16-13(17)10-18-7-5-11-3-2-4-12(9-15)14(11)18/h2-8H,9-10,15H2,1H3. The lowest BCUT2D eigenvalue weighted by Crippen LogP contribution is -2.07. The number of hydrogen-bond acceptors (Lipinski definition) is 2. The fourth-order valence-corrected chi connectivity index (χ4v) is 2.34. The van der Waals surface area contributed by atoms with Gasteiger partial charge >= 0.3 is 0 Å². The summed E-state index contributed by atoms with van der Waals surface area (Å²) in [6.45, 7) is 1.33. The first-order valence-corrected chi connectivity index (χ1v) is 6.02. The van der Waals surface area contributed by atoms with E-state index in [4.69, 9.17) is 5.73 Å². The van der Waals surface area contributed by atoms with E-state index in [0.717, 1.165) is 12.4 Å². The lowest BCUT2D eigenvalue weighted by molar-refractivity contribution is 0.716. The van der Waals surface area contributed by atoms with Crippen molar-refractivity contribution in [2.24, 2.45) is 12.8 Å². The van der Waals surface area contributed by atoms with Crippen molar-refractivity contribution >= 4 is 10.9 Å². The SMILES string of the molecule is Cn1ccnc1Cn1ccc2cccc(CN)c21. The van der Waals surface area contributed by atoms with Crippen LogP contribution in [-0.4, -0.2) is 14.1 Å². The van der Waals surface area contributed by atoms with Crippen LogP contribution in [0.25, 0.3) is 10.9 Å². The first kappa shape index (κ1) is 11.0. The Morgan fingerprint density at radius 1 is 1.22 bits per heavy atom. The van der Waals surface area contributed by atoms with E-state index in [1.165, 1.54) is 16.5 Å². The summed E-state index contributed by atoms with van der Waals surface area (Å²) in [6.07, 6.45) is 5.88. The second kappa shape index (κ2) is 4.31. The Hall–Kier alpha value is -2.07. The fraction of sp³-hybridized carbons (Fsp3) is 0.214. The summed E-state index contributed by atoms with van der Waals surface area (Å²) in [7, 11) is 2.01. The molecule has 0 radical (unpaired) electrons. The minimum absolute atomic E-state index is 0.557. The fourth-order valence-electron chi connectivity index (χ4n) is 2.34. The zero-order valence-electron chi connectivity index (χ0n) is 10.4. The molecule has 0 spiro atoms. The van der Waals surface area contributed by atoms with Crippen LogP contribution in [0.3, 0.4) is 0 Å². The minimum Gasteiger partial charge on any atom is -0.340 e. The molecule has 0 saturated carbocycles. The average Bonchev–Trinajstić information content (AvgIpc) is 2.97. The maximum Gasteiger partial charge on any atom is 0.128 e. The predicted molar refractivity (Wildman–Crippen MR) is 72.1 cm³/mol. The van der Waals surface area contributed by atoms with Gasteiger partial charge in [0.25, 0.3) is 0 Å². The van der Waals surface area contributed by atoms with Crippen molar-refractivity contribution in [2.75, 3.05) is 0 Å². The van der Waals surface area contributed by atoms with Crippen molar-refractivity contribution in [1.82, 2.24) is 14.1 Å².